The van der Waals surface area contributed by atoms with E-state index in [9.17, 15) is 9.90 Å². The number of amides is 1. The third-order valence-electron chi connectivity index (χ3n) is 6.78. The number of carbonyl (C=O) groups excluding carboxylic acids is 1. The molecule has 1 N–H and O–H groups in total. The number of pyridine rings is 1. The molecule has 2 fully saturated rings. The third kappa shape index (κ3) is 2.50. The van der Waals surface area contributed by atoms with Crippen molar-refractivity contribution in [1.82, 2.24) is 14.5 Å². The number of aliphatic hydroxyl groups excluding tert-OH is 1. The van der Waals surface area contributed by atoms with Gasteiger partial charge < -0.3 is 19.5 Å². The number of hydrogen-bond acceptors (Lipinski definition) is 4. The van der Waals surface area contributed by atoms with Crippen LogP contribution in [0.3, 0.4) is 0 Å². The molecule has 2 aromatic rings. The number of anilines is 1. The molecule has 1 saturated carbocycles. The summed E-state index contributed by atoms with van der Waals surface area (Å²) in [7, 11) is 0. The molecular weight excluding hydrogens is 352 g/mol. The van der Waals surface area contributed by atoms with Crippen LogP contribution in [0, 0.1) is 5.92 Å². The minimum absolute atomic E-state index is 0.00132. The highest BCUT2D eigenvalue weighted by atomic mass is 16.3. The molecule has 1 saturated heterocycles. The Morgan fingerprint density at radius 3 is 2.96 bits per heavy atom. The third-order valence-corrected chi connectivity index (χ3v) is 6.78. The van der Waals surface area contributed by atoms with Crippen LogP contribution in [-0.2, 0) is 10.3 Å². The predicted octanol–water partition coefficient (Wildman–Crippen LogP) is 2.69. The van der Waals surface area contributed by atoms with Gasteiger partial charge in [-0.25, -0.2) is 4.98 Å². The zero-order valence-corrected chi connectivity index (χ0v) is 16.4. The van der Waals surface area contributed by atoms with Crippen molar-refractivity contribution in [3.8, 4) is 5.82 Å². The summed E-state index contributed by atoms with van der Waals surface area (Å²) in [5, 5.41) is 9.61. The van der Waals surface area contributed by atoms with E-state index in [4.69, 9.17) is 0 Å². The summed E-state index contributed by atoms with van der Waals surface area (Å²) in [4.78, 5) is 22.2. The van der Waals surface area contributed by atoms with Gasteiger partial charge in [-0.1, -0.05) is 13.3 Å². The van der Waals surface area contributed by atoms with E-state index < -0.39 is 0 Å². The maximum absolute atomic E-state index is 13.0. The Bertz CT molecular complexity index is 888. The van der Waals surface area contributed by atoms with Gasteiger partial charge in [0.1, 0.15) is 5.54 Å². The van der Waals surface area contributed by atoms with Crippen molar-refractivity contribution < 1.29 is 9.90 Å². The molecule has 3 aliphatic rings. The Labute approximate surface area is 165 Å². The number of aromatic nitrogens is 2. The van der Waals surface area contributed by atoms with Crippen molar-refractivity contribution in [2.45, 2.75) is 50.7 Å². The van der Waals surface area contributed by atoms with Gasteiger partial charge in [0.15, 0.2) is 5.82 Å². The molecule has 2 aromatic heterocycles. The van der Waals surface area contributed by atoms with Crippen molar-refractivity contribution in [2.75, 3.05) is 24.5 Å². The minimum atomic E-state index is -0.295. The zero-order valence-electron chi connectivity index (χ0n) is 16.4. The largest absolute Gasteiger partial charge is 0.393 e. The fraction of sp³-hybridized carbons (Fsp3) is 0.545. The van der Waals surface area contributed by atoms with Crippen LogP contribution in [0.4, 0.5) is 5.69 Å². The zero-order chi connectivity index (χ0) is 19.3. The summed E-state index contributed by atoms with van der Waals surface area (Å²) in [6, 6.07) is 8.45. The van der Waals surface area contributed by atoms with E-state index in [1.54, 1.807) is 0 Å². The van der Waals surface area contributed by atoms with Crippen molar-refractivity contribution in [3.63, 3.8) is 0 Å². The predicted molar refractivity (Wildman–Crippen MR) is 107 cm³/mol. The molecule has 1 aliphatic carbocycles. The van der Waals surface area contributed by atoms with E-state index in [1.165, 1.54) is 5.69 Å². The molecule has 5 rings (SSSR count). The van der Waals surface area contributed by atoms with Crippen LogP contribution in [0.1, 0.15) is 44.7 Å². The van der Waals surface area contributed by atoms with Crippen LogP contribution in [0.15, 0.2) is 36.7 Å². The molecule has 28 heavy (non-hydrogen) atoms. The number of aliphatic hydroxyl groups is 1. The van der Waals surface area contributed by atoms with Crippen LogP contribution in [-0.4, -0.2) is 51.2 Å². The van der Waals surface area contributed by atoms with Crippen molar-refractivity contribution >= 4 is 11.6 Å². The monoisotopic (exact) mass is 380 g/mol. The van der Waals surface area contributed by atoms with Gasteiger partial charge in [0.25, 0.3) is 0 Å². The number of nitrogens with zero attached hydrogens (tertiary/aromatic N) is 4. The van der Waals surface area contributed by atoms with Crippen molar-refractivity contribution in [3.05, 3.63) is 42.4 Å². The standard InChI is InChI=1S/C22H28N4O2/c1-2-3-11-26-18-6-4-9-23-20(18)25-10-5-7-19(25)22(26)8-12-24(15-22)21(28)16-13-17(27)14-16/h4-7,9-10,16-17,27H,2-3,8,11-15H2,1H3/t16?,17?,22-/m0/s1. The van der Waals surface area contributed by atoms with E-state index in [1.807, 2.05) is 17.2 Å². The summed E-state index contributed by atoms with van der Waals surface area (Å²) in [5.74, 6) is 1.20. The molecule has 0 aromatic carbocycles. The van der Waals surface area contributed by atoms with Gasteiger partial charge in [-0.3, -0.25) is 4.79 Å². The van der Waals surface area contributed by atoms with Gasteiger partial charge in [-0.05, 0) is 49.9 Å². The van der Waals surface area contributed by atoms with Gasteiger partial charge in [0, 0.05) is 37.9 Å². The molecule has 6 nitrogen and oxygen atoms in total. The number of likely N-dealkylation sites (tertiary alicyclic amines) is 1. The first-order chi connectivity index (χ1) is 13.6. The van der Waals surface area contributed by atoms with E-state index in [-0.39, 0.29) is 23.5 Å². The van der Waals surface area contributed by atoms with E-state index >= 15 is 0 Å². The lowest BCUT2D eigenvalue weighted by Crippen LogP contribution is -2.53. The number of fused-ring (bicyclic) bond motifs is 4. The van der Waals surface area contributed by atoms with Crippen LogP contribution in [0.25, 0.3) is 5.82 Å². The lowest BCUT2D eigenvalue weighted by molar-refractivity contribution is -0.141. The first-order valence-corrected chi connectivity index (χ1v) is 10.5. The lowest BCUT2D eigenvalue weighted by Gasteiger charge is -2.47. The molecule has 2 aliphatic heterocycles. The molecule has 0 unspecified atom stereocenters. The summed E-state index contributed by atoms with van der Waals surface area (Å²) >= 11 is 0. The maximum atomic E-state index is 13.0. The SMILES string of the molecule is CCCCN1c2cccnc2-n2cccc2[C@@]12CCN(C(=O)C1CC(O)C1)C2. The van der Waals surface area contributed by atoms with Crippen LogP contribution in [0.5, 0.6) is 0 Å². The smallest absolute Gasteiger partial charge is 0.225 e. The molecular formula is C22H28N4O2. The van der Waals surface area contributed by atoms with Gasteiger partial charge in [0.05, 0.1) is 17.5 Å². The second-order valence-electron chi connectivity index (χ2n) is 8.48. The summed E-state index contributed by atoms with van der Waals surface area (Å²) < 4.78 is 2.21. The normalized spacial score (nSPS) is 28.2. The molecule has 4 heterocycles. The van der Waals surface area contributed by atoms with Crippen LogP contribution >= 0.6 is 0 Å². The van der Waals surface area contributed by atoms with E-state index in [2.05, 4.69) is 45.8 Å². The summed E-state index contributed by atoms with van der Waals surface area (Å²) in [6.07, 6.45) is 8.05. The van der Waals surface area contributed by atoms with Crippen molar-refractivity contribution in [1.29, 1.82) is 0 Å². The number of hydrogen-bond donors (Lipinski definition) is 1. The van der Waals surface area contributed by atoms with Crippen LogP contribution < -0.4 is 4.90 Å². The molecule has 1 atom stereocenters. The lowest BCUT2D eigenvalue weighted by atomic mass is 9.81. The fourth-order valence-electron chi connectivity index (χ4n) is 5.21. The highest BCUT2D eigenvalue weighted by Gasteiger charge is 2.51. The summed E-state index contributed by atoms with van der Waals surface area (Å²) in [5.41, 5.74) is 2.19. The number of carbonyl (C=O) groups is 1. The number of rotatable bonds is 4. The second kappa shape index (κ2) is 6.62. The molecule has 1 amide bonds. The van der Waals surface area contributed by atoms with Gasteiger partial charge in [-0.2, -0.15) is 0 Å². The fourth-order valence-corrected chi connectivity index (χ4v) is 5.21. The highest BCUT2D eigenvalue weighted by Crippen LogP contribution is 2.47. The maximum Gasteiger partial charge on any atom is 0.225 e. The molecule has 6 heteroatoms. The van der Waals surface area contributed by atoms with Crippen LogP contribution in [0.2, 0.25) is 0 Å². The van der Waals surface area contributed by atoms with Gasteiger partial charge in [0.2, 0.25) is 5.91 Å². The second-order valence-corrected chi connectivity index (χ2v) is 8.48. The van der Waals surface area contributed by atoms with Gasteiger partial charge >= 0.3 is 0 Å². The van der Waals surface area contributed by atoms with Gasteiger partial charge in [-0.15, -0.1) is 0 Å². The Morgan fingerprint density at radius 2 is 2.18 bits per heavy atom. The topological polar surface area (TPSA) is 61.6 Å². The molecule has 148 valence electrons. The Kier molecular flexibility index (Phi) is 4.19. The average Bonchev–Trinajstić information content (AvgIpc) is 3.34. The molecule has 0 radical (unpaired) electrons. The summed E-state index contributed by atoms with van der Waals surface area (Å²) in [6.45, 7) is 4.66. The Balaban J connectivity index is 1.53. The first-order valence-electron chi connectivity index (χ1n) is 10.5. The minimum Gasteiger partial charge on any atom is -0.393 e. The number of unbranched alkanes of at least 4 members (excludes halogenated alkanes) is 1. The van der Waals surface area contributed by atoms with Crippen molar-refractivity contribution in [2.24, 2.45) is 5.92 Å². The quantitative estimate of drug-likeness (QED) is 0.886. The molecule has 0 bridgehead atoms. The Morgan fingerprint density at radius 1 is 1.32 bits per heavy atom. The first kappa shape index (κ1) is 17.7. The average molecular weight is 380 g/mol. The van der Waals surface area contributed by atoms with E-state index in [0.717, 1.165) is 43.9 Å². The molecule has 1 spiro atoms. The highest BCUT2D eigenvalue weighted by molar-refractivity contribution is 5.81. The van der Waals surface area contributed by atoms with E-state index in [0.29, 0.717) is 19.4 Å². The Hall–Kier alpha value is -2.34.